The number of halogens is 1. The number of anilines is 1. The minimum Gasteiger partial charge on any atom is -0.530 e. The number of carbonyl (C=O) groups is 1. The molecule has 2 aromatic heterocycles. The summed E-state index contributed by atoms with van der Waals surface area (Å²) in [5.74, 6) is 0.622. The average molecular weight is 357 g/mol. The summed E-state index contributed by atoms with van der Waals surface area (Å²) in [6, 6.07) is 11.2. The molecule has 0 bridgehead atoms. The SMILES string of the molecule is O=C([O-])NCCNc1n[nH]c(-c2ccc(Cl)cc2)c1-c1ccncc1. The summed E-state index contributed by atoms with van der Waals surface area (Å²) in [6.07, 6.45) is 2.10. The number of aromatic amines is 1. The molecule has 3 rings (SSSR count). The van der Waals surface area contributed by atoms with Gasteiger partial charge in [0.15, 0.2) is 5.82 Å². The number of pyridine rings is 1. The Labute approximate surface area is 149 Å². The largest absolute Gasteiger partial charge is 0.530 e. The molecule has 0 radical (unpaired) electrons. The lowest BCUT2D eigenvalue weighted by atomic mass is 10.0. The van der Waals surface area contributed by atoms with Gasteiger partial charge in [-0.05, 0) is 29.8 Å². The fraction of sp³-hybridized carbons (Fsp3) is 0.118. The molecule has 7 nitrogen and oxygen atoms in total. The van der Waals surface area contributed by atoms with E-state index in [1.54, 1.807) is 12.4 Å². The normalized spacial score (nSPS) is 10.4. The minimum absolute atomic E-state index is 0.210. The van der Waals surface area contributed by atoms with Crippen LogP contribution in [0.5, 0.6) is 0 Å². The van der Waals surface area contributed by atoms with E-state index in [4.69, 9.17) is 11.6 Å². The third-order valence-electron chi connectivity index (χ3n) is 3.55. The fourth-order valence-corrected chi connectivity index (χ4v) is 2.57. The van der Waals surface area contributed by atoms with Crippen LogP contribution < -0.4 is 15.7 Å². The van der Waals surface area contributed by atoms with Gasteiger partial charge in [-0.15, -0.1) is 0 Å². The van der Waals surface area contributed by atoms with E-state index in [-0.39, 0.29) is 6.54 Å². The molecule has 8 heteroatoms. The first-order chi connectivity index (χ1) is 12.1. The summed E-state index contributed by atoms with van der Waals surface area (Å²) in [7, 11) is 0. The second kappa shape index (κ2) is 7.67. The van der Waals surface area contributed by atoms with Gasteiger partial charge in [0.1, 0.15) is 6.09 Å². The molecule has 0 aliphatic rings. The lowest BCUT2D eigenvalue weighted by Gasteiger charge is -2.10. The zero-order chi connectivity index (χ0) is 17.6. The van der Waals surface area contributed by atoms with E-state index < -0.39 is 6.09 Å². The fourth-order valence-electron chi connectivity index (χ4n) is 2.44. The molecule has 0 unspecified atom stereocenters. The van der Waals surface area contributed by atoms with Crippen molar-refractivity contribution >= 4 is 23.5 Å². The third-order valence-corrected chi connectivity index (χ3v) is 3.81. The zero-order valence-electron chi connectivity index (χ0n) is 13.1. The third kappa shape index (κ3) is 4.07. The molecule has 0 fully saturated rings. The summed E-state index contributed by atoms with van der Waals surface area (Å²) in [5, 5.41) is 23.8. The Kier molecular flexibility index (Phi) is 5.15. The quantitative estimate of drug-likeness (QED) is 0.587. The van der Waals surface area contributed by atoms with Gasteiger partial charge in [0.25, 0.3) is 0 Å². The second-order valence-corrected chi connectivity index (χ2v) is 5.64. The zero-order valence-corrected chi connectivity index (χ0v) is 13.9. The average Bonchev–Trinajstić information content (AvgIpc) is 3.04. The first kappa shape index (κ1) is 16.8. The van der Waals surface area contributed by atoms with Gasteiger partial charge in [0.2, 0.25) is 0 Å². The first-order valence-corrected chi connectivity index (χ1v) is 7.96. The van der Waals surface area contributed by atoms with Crippen molar-refractivity contribution in [3.05, 3.63) is 53.8 Å². The van der Waals surface area contributed by atoms with Crippen LogP contribution in [-0.2, 0) is 0 Å². The number of aromatic nitrogens is 3. The predicted molar refractivity (Wildman–Crippen MR) is 94.2 cm³/mol. The number of carbonyl (C=O) groups excluding carboxylic acids is 1. The van der Waals surface area contributed by atoms with Gasteiger partial charge >= 0.3 is 0 Å². The Morgan fingerprint density at radius 2 is 1.80 bits per heavy atom. The lowest BCUT2D eigenvalue weighted by Crippen LogP contribution is -2.38. The lowest BCUT2D eigenvalue weighted by molar-refractivity contribution is -0.250. The Morgan fingerprint density at radius 3 is 2.48 bits per heavy atom. The predicted octanol–water partition coefficient (Wildman–Crippen LogP) is 2.14. The van der Waals surface area contributed by atoms with E-state index in [0.29, 0.717) is 17.4 Å². The molecule has 3 N–H and O–H groups in total. The molecule has 0 saturated heterocycles. The molecule has 0 saturated carbocycles. The second-order valence-electron chi connectivity index (χ2n) is 5.21. The number of benzene rings is 1. The summed E-state index contributed by atoms with van der Waals surface area (Å²) in [6.45, 7) is 0.582. The van der Waals surface area contributed by atoms with Crippen molar-refractivity contribution < 1.29 is 9.90 Å². The summed E-state index contributed by atoms with van der Waals surface area (Å²) in [5.41, 5.74) is 3.57. The molecule has 25 heavy (non-hydrogen) atoms. The summed E-state index contributed by atoms with van der Waals surface area (Å²) >= 11 is 5.96. The number of hydrogen-bond donors (Lipinski definition) is 3. The number of rotatable bonds is 6. The number of nitrogens with one attached hydrogen (secondary N) is 3. The molecular weight excluding hydrogens is 342 g/mol. The molecule has 3 aromatic rings. The van der Waals surface area contributed by atoms with Crippen molar-refractivity contribution in [3.8, 4) is 22.4 Å². The van der Waals surface area contributed by atoms with Crippen molar-refractivity contribution in [1.29, 1.82) is 0 Å². The van der Waals surface area contributed by atoms with Crippen LogP contribution in [0, 0.1) is 0 Å². The Bertz CT molecular complexity index is 849. The van der Waals surface area contributed by atoms with Gasteiger partial charge in [-0.25, -0.2) is 0 Å². The molecule has 0 aliphatic carbocycles. The number of hydrogen-bond acceptors (Lipinski definition) is 5. The van der Waals surface area contributed by atoms with Gasteiger partial charge in [-0.3, -0.25) is 10.1 Å². The maximum Gasteiger partial charge on any atom is 0.156 e. The molecule has 2 heterocycles. The Hall–Kier alpha value is -3.06. The Balaban J connectivity index is 1.93. The Morgan fingerprint density at radius 1 is 1.08 bits per heavy atom. The van der Waals surface area contributed by atoms with Gasteiger partial charge in [0, 0.05) is 36.1 Å². The van der Waals surface area contributed by atoms with Crippen LogP contribution in [0.15, 0.2) is 48.8 Å². The van der Waals surface area contributed by atoms with Gasteiger partial charge in [0.05, 0.1) is 11.3 Å². The van der Waals surface area contributed by atoms with Crippen molar-refractivity contribution in [3.63, 3.8) is 0 Å². The summed E-state index contributed by atoms with van der Waals surface area (Å²) < 4.78 is 0. The first-order valence-electron chi connectivity index (χ1n) is 7.58. The molecule has 0 atom stereocenters. The van der Waals surface area contributed by atoms with Crippen LogP contribution in [0.1, 0.15) is 0 Å². The maximum absolute atomic E-state index is 10.4. The highest BCUT2D eigenvalue weighted by molar-refractivity contribution is 6.30. The van der Waals surface area contributed by atoms with Crippen molar-refractivity contribution in [2.75, 3.05) is 18.4 Å². The summed E-state index contributed by atoms with van der Waals surface area (Å²) in [4.78, 5) is 14.5. The molecule has 1 aromatic carbocycles. The van der Waals surface area contributed by atoms with E-state index >= 15 is 0 Å². The van der Waals surface area contributed by atoms with Gasteiger partial charge in [-0.2, -0.15) is 5.10 Å². The molecule has 0 spiro atoms. The number of nitrogens with zero attached hydrogens (tertiary/aromatic N) is 2. The van der Waals surface area contributed by atoms with Gasteiger partial charge < -0.3 is 20.5 Å². The molecule has 1 amide bonds. The molecule has 128 valence electrons. The highest BCUT2D eigenvalue weighted by atomic mass is 35.5. The number of amides is 1. The standard InChI is InChI=1S/C17H16ClN5O2/c18-13-3-1-12(2-4-13)15-14(11-5-7-19-8-6-11)16(23-22-15)20-9-10-21-17(24)25/h1-8,21H,9-10H2,(H,24,25)(H2,20,22,23)/p-1. The smallest absolute Gasteiger partial charge is 0.156 e. The van der Waals surface area contributed by atoms with Crippen molar-refractivity contribution in [2.24, 2.45) is 0 Å². The van der Waals surface area contributed by atoms with Crippen LogP contribution in [0.3, 0.4) is 0 Å². The molecule has 0 aliphatic heterocycles. The van der Waals surface area contributed by atoms with Crippen molar-refractivity contribution in [1.82, 2.24) is 20.5 Å². The van der Waals surface area contributed by atoms with Crippen LogP contribution in [-0.4, -0.2) is 34.4 Å². The monoisotopic (exact) mass is 356 g/mol. The van der Waals surface area contributed by atoms with Crippen LogP contribution >= 0.6 is 11.6 Å². The van der Waals surface area contributed by atoms with Crippen molar-refractivity contribution in [2.45, 2.75) is 0 Å². The van der Waals surface area contributed by atoms with E-state index in [1.807, 2.05) is 36.4 Å². The van der Waals surface area contributed by atoms with E-state index in [0.717, 1.165) is 22.4 Å². The van der Waals surface area contributed by atoms with Crippen LogP contribution in [0.4, 0.5) is 10.6 Å². The van der Waals surface area contributed by atoms with E-state index in [9.17, 15) is 9.90 Å². The highest BCUT2D eigenvalue weighted by Crippen LogP contribution is 2.36. The number of H-pyrrole nitrogens is 1. The number of carboxylic acid groups (broad SMARTS) is 1. The van der Waals surface area contributed by atoms with E-state index in [2.05, 4.69) is 25.8 Å². The molecular formula is C17H15ClN5O2-. The minimum atomic E-state index is -1.31. The van der Waals surface area contributed by atoms with Crippen LogP contribution in [0.25, 0.3) is 22.4 Å². The highest BCUT2D eigenvalue weighted by Gasteiger charge is 2.16. The topological polar surface area (TPSA) is 106 Å². The maximum atomic E-state index is 10.4. The van der Waals surface area contributed by atoms with Gasteiger partial charge in [-0.1, -0.05) is 23.7 Å². The van der Waals surface area contributed by atoms with Crippen LogP contribution in [0.2, 0.25) is 5.02 Å². The van der Waals surface area contributed by atoms with E-state index in [1.165, 1.54) is 0 Å².